The molecule has 0 N–H and O–H groups in total. The molecule has 12 nitrogen and oxygen atoms in total. The van der Waals surface area contributed by atoms with Gasteiger partial charge >= 0.3 is 11.9 Å². The third kappa shape index (κ3) is 14.6. The van der Waals surface area contributed by atoms with Crippen LogP contribution in [-0.2, 0) is 19.1 Å². The molecule has 2 aromatic rings. The van der Waals surface area contributed by atoms with E-state index in [4.69, 9.17) is 9.47 Å². The van der Waals surface area contributed by atoms with E-state index in [-0.39, 0.29) is 0 Å². The van der Waals surface area contributed by atoms with Crippen molar-refractivity contribution in [1.29, 1.82) is 0 Å². The van der Waals surface area contributed by atoms with Crippen LogP contribution >= 0.6 is 94.0 Å². The lowest BCUT2D eigenvalue weighted by Crippen LogP contribution is -2.28. The van der Waals surface area contributed by atoms with Crippen molar-refractivity contribution in [2.75, 3.05) is 76.4 Å². The summed E-state index contributed by atoms with van der Waals surface area (Å²) in [7, 11) is 4.28. The molecule has 0 amide bonds. The summed E-state index contributed by atoms with van der Waals surface area (Å²) < 4.78 is 31.8. The molecule has 2 aromatic heterocycles. The Morgan fingerprint density at radius 2 is 1.14 bits per heavy atom. The quantitative estimate of drug-likeness (QED) is 0.0414. The van der Waals surface area contributed by atoms with Crippen molar-refractivity contribution in [3.8, 4) is 0 Å². The van der Waals surface area contributed by atoms with E-state index >= 15 is 0 Å². The maximum atomic E-state index is 13.2. The number of ether oxygens (including phenoxy) is 2. The lowest BCUT2D eigenvalue weighted by atomic mass is 10.1. The average Bonchev–Trinajstić information content (AvgIpc) is 4.04. The summed E-state index contributed by atoms with van der Waals surface area (Å²) in [5, 5.41) is 2.03. The lowest BCUT2D eigenvalue weighted by molar-refractivity contribution is -0.169. The molecule has 0 aromatic carbocycles. The Labute approximate surface area is 364 Å². The Morgan fingerprint density at radius 1 is 0.679 bits per heavy atom. The molecule has 0 aliphatic carbocycles. The molecule has 4 aliphatic heterocycles. The van der Waals surface area contributed by atoms with E-state index in [1.807, 2.05) is 0 Å². The second-order valence-electron chi connectivity index (χ2n) is 13.6. The van der Waals surface area contributed by atoms with Gasteiger partial charge in [0, 0.05) is 37.7 Å². The van der Waals surface area contributed by atoms with E-state index in [0.29, 0.717) is 12.8 Å². The Bertz CT molecular complexity index is 1600. The summed E-state index contributed by atoms with van der Waals surface area (Å²) in [5.74, 6) is 1.83. The van der Waals surface area contributed by atoms with E-state index in [1.54, 1.807) is 47.0 Å². The molecule has 0 saturated heterocycles. The third-order valence-electron chi connectivity index (χ3n) is 9.08. The van der Waals surface area contributed by atoms with Crippen LogP contribution in [0, 0.1) is 0 Å². The number of esters is 2. The fourth-order valence-electron chi connectivity index (χ4n) is 6.21. The zero-order valence-corrected chi connectivity index (χ0v) is 38.5. The van der Waals surface area contributed by atoms with Crippen LogP contribution in [0.15, 0.2) is 32.2 Å². The highest BCUT2D eigenvalue weighted by molar-refractivity contribution is 8.39. The first-order valence-electron chi connectivity index (χ1n) is 19.2. The van der Waals surface area contributed by atoms with Crippen molar-refractivity contribution in [3.05, 3.63) is 23.5 Å². The van der Waals surface area contributed by atoms with Crippen LogP contribution in [0.5, 0.6) is 0 Å². The topological polar surface area (TPSA) is 135 Å². The number of carbonyl (C=O) groups excluding carboxylic acids is 2. The second kappa shape index (κ2) is 24.2. The van der Waals surface area contributed by atoms with Crippen LogP contribution in [0.2, 0.25) is 0 Å². The molecule has 6 rings (SSSR count). The van der Waals surface area contributed by atoms with E-state index in [1.165, 1.54) is 58.1 Å². The van der Waals surface area contributed by atoms with Gasteiger partial charge in [-0.15, -0.1) is 23.5 Å². The van der Waals surface area contributed by atoms with Gasteiger partial charge in [-0.1, -0.05) is 72.0 Å². The molecule has 0 spiro atoms. The molecule has 306 valence electrons. The van der Waals surface area contributed by atoms with Crippen molar-refractivity contribution in [3.63, 3.8) is 0 Å². The summed E-state index contributed by atoms with van der Waals surface area (Å²) in [6, 6.07) is 0. The number of hydrogen-bond acceptors (Lipinski definition) is 20. The van der Waals surface area contributed by atoms with Gasteiger partial charge in [-0.25, -0.2) is 9.59 Å². The van der Waals surface area contributed by atoms with Gasteiger partial charge in [0.2, 0.25) is 0 Å². The first kappa shape index (κ1) is 44.5. The predicted molar refractivity (Wildman–Crippen MR) is 243 cm³/mol. The molecular formula is C36H50N8O4S8. The van der Waals surface area contributed by atoms with Crippen molar-refractivity contribution < 1.29 is 19.1 Å². The first-order chi connectivity index (χ1) is 27.4. The van der Waals surface area contributed by atoms with Crippen LogP contribution in [0.25, 0.3) is 11.1 Å². The van der Waals surface area contributed by atoms with E-state index in [2.05, 4.69) is 63.5 Å². The molecule has 4 aliphatic rings. The summed E-state index contributed by atoms with van der Waals surface area (Å²) in [4.78, 5) is 40.1. The largest absolute Gasteiger partial charge is 0.442 e. The number of carbonyl (C=O) groups is 2. The summed E-state index contributed by atoms with van der Waals surface area (Å²) in [5.41, 5.74) is 3.59. The van der Waals surface area contributed by atoms with Crippen molar-refractivity contribution in [2.24, 2.45) is 9.98 Å². The van der Waals surface area contributed by atoms with Crippen molar-refractivity contribution in [2.45, 2.75) is 85.1 Å². The van der Waals surface area contributed by atoms with Crippen LogP contribution in [0.1, 0.15) is 75.6 Å². The minimum atomic E-state index is -0.942. The van der Waals surface area contributed by atoms with Gasteiger partial charge < -0.3 is 19.3 Å². The molecular weight excluding hydrogens is 865 g/mol. The van der Waals surface area contributed by atoms with Gasteiger partial charge in [-0.05, 0) is 88.1 Å². The lowest BCUT2D eigenvalue weighted by Gasteiger charge is -2.22. The van der Waals surface area contributed by atoms with Crippen LogP contribution in [-0.4, -0.2) is 135 Å². The number of unbranched alkanes of at least 4 members (excludes halogenated alkanes) is 4. The highest BCUT2D eigenvalue weighted by Gasteiger charge is 2.29. The van der Waals surface area contributed by atoms with E-state index in [9.17, 15) is 9.59 Å². The fourth-order valence-corrected chi connectivity index (χ4v) is 14.0. The standard InChI is InChI=1S/C36H50N8O4S8/c1-43-17-9-11-25(23-43)29-31(41-55-39-29)49-19-7-3-5-13-27(53-35-37-15-21-51-35)47-33(45)34(46)48-28(54-36-38-16-22-52-36)14-6-4-8-20-50-32-30(40-56-42-32)26-12-10-18-44(2)24-26/h11-12,27-28H,3-10,13-24H2,1-2H3. The van der Waals surface area contributed by atoms with Crippen LogP contribution in [0.4, 0.5) is 0 Å². The highest BCUT2D eigenvalue weighted by atomic mass is 32.2. The molecule has 0 radical (unpaired) electrons. The van der Waals surface area contributed by atoms with Crippen LogP contribution < -0.4 is 0 Å². The monoisotopic (exact) mass is 914 g/mol. The Hall–Kier alpha value is -1.10. The average molecular weight is 915 g/mol. The number of aromatic nitrogens is 4. The highest BCUT2D eigenvalue weighted by Crippen LogP contribution is 2.34. The zero-order chi connectivity index (χ0) is 39.0. The van der Waals surface area contributed by atoms with Gasteiger partial charge in [-0.3, -0.25) is 9.98 Å². The van der Waals surface area contributed by atoms with Crippen molar-refractivity contribution in [1.82, 2.24) is 27.3 Å². The van der Waals surface area contributed by atoms with E-state index < -0.39 is 22.8 Å². The fraction of sp³-hybridized carbons (Fsp3) is 0.667. The Balaban J connectivity index is 0.926. The summed E-state index contributed by atoms with van der Waals surface area (Å²) in [6.07, 6.45) is 13.6. The smallest absolute Gasteiger partial charge is 0.418 e. The molecule has 2 atom stereocenters. The molecule has 0 bridgehead atoms. The van der Waals surface area contributed by atoms with Crippen molar-refractivity contribution >= 4 is 126 Å². The maximum Gasteiger partial charge on any atom is 0.418 e. The molecule has 6 heterocycles. The Kier molecular flexibility index (Phi) is 19.2. The predicted octanol–water partition coefficient (Wildman–Crippen LogP) is 8.24. The molecule has 0 fully saturated rings. The van der Waals surface area contributed by atoms with Gasteiger partial charge in [0.25, 0.3) is 0 Å². The SMILES string of the molecule is CN1CCC=C(c2nsnc2SCCCCCC(OC(=O)C(=O)OC(CCCCCSc2nsnc2C2=CCCN(C)C2)SC2=NCCS2)SC2=NCCS2)C1. The minimum absolute atomic E-state index is 0.501. The Morgan fingerprint density at radius 3 is 1.55 bits per heavy atom. The maximum absolute atomic E-state index is 13.2. The number of aliphatic imine (C=N–C) groups is 2. The van der Waals surface area contributed by atoms with Gasteiger partial charge in [-0.2, -0.15) is 17.5 Å². The minimum Gasteiger partial charge on any atom is -0.442 e. The van der Waals surface area contributed by atoms with Gasteiger partial charge in [0.15, 0.2) is 10.9 Å². The molecule has 2 unspecified atom stereocenters. The summed E-state index contributed by atoms with van der Waals surface area (Å²) >= 11 is 12.3. The van der Waals surface area contributed by atoms with Crippen LogP contribution in [0.3, 0.4) is 0 Å². The second-order valence-corrected chi connectivity index (χ2v) is 21.8. The van der Waals surface area contributed by atoms with Gasteiger partial charge in [0.05, 0.1) is 36.5 Å². The molecule has 56 heavy (non-hydrogen) atoms. The molecule has 0 saturated carbocycles. The normalized spacial score (nSPS) is 19.0. The molecule has 20 heteroatoms. The van der Waals surface area contributed by atoms with Gasteiger partial charge in [0.1, 0.15) is 30.2 Å². The first-order valence-corrected chi connectivity index (χ1v) is 26.3. The van der Waals surface area contributed by atoms with E-state index in [0.717, 1.165) is 144 Å². The number of nitrogens with zero attached hydrogens (tertiary/aromatic N) is 8. The number of thioether (sulfide) groups is 6. The third-order valence-corrected chi connectivity index (χ3v) is 17.1. The number of likely N-dealkylation sites (N-methyl/N-ethyl adjacent to an activating group) is 2. The number of rotatable bonds is 20. The zero-order valence-electron chi connectivity index (χ0n) is 31.9. The summed E-state index contributed by atoms with van der Waals surface area (Å²) in [6.45, 7) is 5.48. The number of hydrogen-bond donors (Lipinski definition) is 0.